The Morgan fingerprint density at radius 3 is 2.40 bits per heavy atom. The molecule has 0 amide bonds. The first kappa shape index (κ1) is 15.3. The maximum Gasteiger partial charge on any atom is 0.416 e. The summed E-state index contributed by atoms with van der Waals surface area (Å²) in [5.74, 6) is 0. The van der Waals surface area contributed by atoms with E-state index >= 15 is 0 Å². The van der Waals surface area contributed by atoms with Gasteiger partial charge in [-0.05, 0) is 25.5 Å². The Labute approximate surface area is 116 Å². The minimum atomic E-state index is -4.35. The van der Waals surface area contributed by atoms with Gasteiger partial charge in [-0.2, -0.15) is 13.2 Å². The highest BCUT2D eigenvalue weighted by Crippen LogP contribution is 2.34. The molecule has 0 aromatic heterocycles. The van der Waals surface area contributed by atoms with E-state index in [2.05, 4.69) is 0 Å². The molecule has 1 heterocycles. The minimum Gasteiger partial charge on any atom is -0.389 e. The van der Waals surface area contributed by atoms with Gasteiger partial charge in [0.05, 0.1) is 23.4 Å². The predicted octanol–water partition coefficient (Wildman–Crippen LogP) is 3.57. The smallest absolute Gasteiger partial charge is 0.389 e. The van der Waals surface area contributed by atoms with Gasteiger partial charge in [0.25, 0.3) is 0 Å². The van der Waals surface area contributed by atoms with E-state index in [1.807, 2.05) is 13.8 Å². The zero-order valence-corrected chi connectivity index (χ0v) is 11.6. The highest BCUT2D eigenvalue weighted by molar-refractivity contribution is 5.27. The predicted molar refractivity (Wildman–Crippen MR) is 69.3 cm³/mol. The first-order valence-corrected chi connectivity index (χ1v) is 6.72. The Morgan fingerprint density at radius 1 is 1.25 bits per heavy atom. The Bertz CT molecular complexity index is 460. The van der Waals surface area contributed by atoms with E-state index in [-0.39, 0.29) is 18.6 Å². The Hall–Kier alpha value is -1.07. The summed E-state index contributed by atoms with van der Waals surface area (Å²) in [7, 11) is 0. The third-order valence-electron chi connectivity index (χ3n) is 3.59. The monoisotopic (exact) mass is 288 g/mol. The van der Waals surface area contributed by atoms with Gasteiger partial charge in [0, 0.05) is 19.3 Å². The molecule has 2 atom stereocenters. The van der Waals surface area contributed by atoms with Gasteiger partial charge < -0.3 is 9.84 Å². The molecular weight excluding hydrogens is 269 g/mol. The summed E-state index contributed by atoms with van der Waals surface area (Å²) in [6.45, 7) is 3.74. The molecule has 0 radical (unpaired) electrons. The van der Waals surface area contributed by atoms with E-state index in [1.165, 1.54) is 6.07 Å². The van der Waals surface area contributed by atoms with Crippen LogP contribution in [-0.4, -0.2) is 22.9 Å². The quantitative estimate of drug-likeness (QED) is 0.901. The molecule has 1 saturated heterocycles. The van der Waals surface area contributed by atoms with Crippen LogP contribution in [-0.2, 0) is 17.3 Å². The van der Waals surface area contributed by atoms with Crippen LogP contribution in [0.5, 0.6) is 0 Å². The molecule has 0 spiro atoms. The average Bonchev–Trinajstić information content (AvgIpc) is 2.25. The number of benzene rings is 1. The SMILES string of the molecule is CC1CC(O)(Cc2cccc(C(F)(F)F)c2)CC(C)O1. The summed E-state index contributed by atoms with van der Waals surface area (Å²) in [5, 5.41) is 10.6. The molecule has 2 rings (SSSR count). The van der Waals surface area contributed by atoms with Crippen molar-refractivity contribution < 1.29 is 23.0 Å². The molecule has 0 aliphatic carbocycles. The molecule has 2 unspecified atom stereocenters. The fraction of sp³-hybridized carbons (Fsp3) is 0.600. The summed E-state index contributed by atoms with van der Waals surface area (Å²) in [6.07, 6.45) is -3.44. The summed E-state index contributed by atoms with van der Waals surface area (Å²) in [6, 6.07) is 5.16. The molecule has 5 heteroatoms. The molecule has 0 saturated carbocycles. The van der Waals surface area contributed by atoms with E-state index < -0.39 is 17.3 Å². The number of ether oxygens (including phenoxy) is 1. The van der Waals surface area contributed by atoms with Crippen molar-refractivity contribution in [2.24, 2.45) is 0 Å². The third-order valence-corrected chi connectivity index (χ3v) is 3.59. The lowest BCUT2D eigenvalue weighted by atomic mass is 9.82. The summed E-state index contributed by atoms with van der Waals surface area (Å²) >= 11 is 0. The van der Waals surface area contributed by atoms with E-state index in [0.29, 0.717) is 18.4 Å². The molecule has 2 nitrogen and oxygen atoms in total. The lowest BCUT2D eigenvalue weighted by Gasteiger charge is -2.39. The highest BCUT2D eigenvalue weighted by Gasteiger charge is 2.37. The van der Waals surface area contributed by atoms with Gasteiger partial charge in [-0.25, -0.2) is 0 Å². The van der Waals surface area contributed by atoms with Crippen LogP contribution in [0.4, 0.5) is 13.2 Å². The average molecular weight is 288 g/mol. The largest absolute Gasteiger partial charge is 0.416 e. The zero-order valence-electron chi connectivity index (χ0n) is 11.6. The van der Waals surface area contributed by atoms with Crippen LogP contribution in [0.1, 0.15) is 37.8 Å². The lowest BCUT2D eigenvalue weighted by Crippen LogP contribution is -2.44. The topological polar surface area (TPSA) is 29.5 Å². The molecule has 1 N–H and O–H groups in total. The summed E-state index contributed by atoms with van der Waals surface area (Å²) in [4.78, 5) is 0. The fourth-order valence-corrected chi connectivity index (χ4v) is 3.03. The summed E-state index contributed by atoms with van der Waals surface area (Å²) in [5.41, 5.74) is -1.17. The van der Waals surface area contributed by atoms with Crippen molar-refractivity contribution in [3.05, 3.63) is 35.4 Å². The first-order chi connectivity index (χ1) is 9.18. The molecule has 1 aromatic rings. The van der Waals surface area contributed by atoms with Crippen LogP contribution in [0.3, 0.4) is 0 Å². The van der Waals surface area contributed by atoms with Gasteiger partial charge in [0.1, 0.15) is 0 Å². The zero-order chi connectivity index (χ0) is 15.0. The lowest BCUT2D eigenvalue weighted by molar-refractivity contribution is -0.138. The second-order valence-electron chi connectivity index (χ2n) is 5.76. The second kappa shape index (κ2) is 5.37. The summed E-state index contributed by atoms with van der Waals surface area (Å²) < 4.78 is 43.6. The van der Waals surface area contributed by atoms with Crippen molar-refractivity contribution in [1.82, 2.24) is 0 Å². The number of rotatable bonds is 2. The van der Waals surface area contributed by atoms with Gasteiger partial charge in [0.15, 0.2) is 0 Å². The van der Waals surface area contributed by atoms with Gasteiger partial charge in [0.2, 0.25) is 0 Å². The van der Waals surface area contributed by atoms with Crippen LogP contribution in [0.25, 0.3) is 0 Å². The van der Waals surface area contributed by atoms with E-state index in [1.54, 1.807) is 6.07 Å². The van der Waals surface area contributed by atoms with Gasteiger partial charge in [-0.15, -0.1) is 0 Å². The fourth-order valence-electron chi connectivity index (χ4n) is 3.03. The Balaban J connectivity index is 2.17. The number of hydrogen-bond donors (Lipinski definition) is 1. The maximum atomic E-state index is 12.7. The van der Waals surface area contributed by atoms with Gasteiger partial charge in [-0.1, -0.05) is 18.2 Å². The van der Waals surface area contributed by atoms with E-state index in [9.17, 15) is 18.3 Å². The number of halogens is 3. The molecule has 1 aromatic carbocycles. The van der Waals surface area contributed by atoms with Gasteiger partial charge >= 0.3 is 6.18 Å². The van der Waals surface area contributed by atoms with Crippen molar-refractivity contribution in [3.8, 4) is 0 Å². The van der Waals surface area contributed by atoms with Crippen molar-refractivity contribution in [3.63, 3.8) is 0 Å². The number of aliphatic hydroxyl groups is 1. The number of hydrogen-bond acceptors (Lipinski definition) is 2. The van der Waals surface area contributed by atoms with Crippen LogP contribution in [0.15, 0.2) is 24.3 Å². The Morgan fingerprint density at radius 2 is 1.85 bits per heavy atom. The second-order valence-corrected chi connectivity index (χ2v) is 5.76. The van der Waals surface area contributed by atoms with Crippen LogP contribution in [0.2, 0.25) is 0 Å². The van der Waals surface area contributed by atoms with E-state index in [4.69, 9.17) is 4.74 Å². The third kappa shape index (κ3) is 3.73. The van der Waals surface area contributed by atoms with Crippen molar-refractivity contribution >= 4 is 0 Å². The van der Waals surface area contributed by atoms with Crippen molar-refractivity contribution in [2.45, 2.75) is 57.1 Å². The van der Waals surface area contributed by atoms with Crippen molar-refractivity contribution in [1.29, 1.82) is 0 Å². The first-order valence-electron chi connectivity index (χ1n) is 6.72. The number of alkyl halides is 3. The molecule has 1 aliphatic heterocycles. The normalized spacial score (nSPS) is 31.3. The van der Waals surface area contributed by atoms with Gasteiger partial charge in [-0.3, -0.25) is 0 Å². The van der Waals surface area contributed by atoms with Crippen LogP contribution in [0, 0.1) is 0 Å². The van der Waals surface area contributed by atoms with Crippen LogP contribution >= 0.6 is 0 Å². The maximum absolute atomic E-state index is 12.7. The molecule has 1 fully saturated rings. The highest BCUT2D eigenvalue weighted by atomic mass is 19.4. The molecule has 112 valence electrons. The van der Waals surface area contributed by atoms with Crippen molar-refractivity contribution in [2.75, 3.05) is 0 Å². The standard InChI is InChI=1S/C15H19F3O2/c1-10-7-14(19,8-11(2)20-10)9-12-4-3-5-13(6-12)15(16,17)18/h3-6,10-11,19H,7-9H2,1-2H3. The molecular formula is C15H19F3O2. The van der Waals surface area contributed by atoms with Crippen LogP contribution < -0.4 is 0 Å². The molecule has 20 heavy (non-hydrogen) atoms. The van der Waals surface area contributed by atoms with E-state index in [0.717, 1.165) is 12.1 Å². The molecule has 1 aliphatic rings. The Kier molecular flexibility index (Phi) is 4.12. The molecule has 0 bridgehead atoms. The minimum absolute atomic E-state index is 0.0884.